The van der Waals surface area contributed by atoms with Crippen LogP contribution in [0.5, 0.6) is 0 Å². The van der Waals surface area contributed by atoms with E-state index in [1.807, 2.05) is 62.4 Å². The molecule has 0 saturated heterocycles. The molecule has 0 heterocycles. The first-order valence-corrected chi connectivity index (χ1v) is 9.25. The van der Waals surface area contributed by atoms with Crippen LogP contribution in [0.2, 0.25) is 0 Å². The molecule has 0 bridgehead atoms. The van der Waals surface area contributed by atoms with Crippen molar-refractivity contribution in [2.75, 3.05) is 17.2 Å². The molecule has 27 heavy (non-hydrogen) atoms. The van der Waals surface area contributed by atoms with E-state index < -0.39 is 0 Å². The molecular weight excluding hydrogens is 340 g/mol. The Morgan fingerprint density at radius 2 is 1.33 bits per heavy atom. The maximum Gasteiger partial charge on any atom is 0.319 e. The SMILES string of the molecule is Cc1ccc(NC(=O)NCC(NC(=O)Nc2ccc(C)cc2)C2CC2)cc1. The summed E-state index contributed by atoms with van der Waals surface area (Å²) in [4.78, 5) is 24.4. The van der Waals surface area contributed by atoms with Gasteiger partial charge < -0.3 is 21.3 Å². The Hall–Kier alpha value is -3.02. The zero-order chi connectivity index (χ0) is 19.2. The summed E-state index contributed by atoms with van der Waals surface area (Å²) < 4.78 is 0. The minimum atomic E-state index is -0.273. The van der Waals surface area contributed by atoms with Crippen LogP contribution in [0.15, 0.2) is 48.5 Å². The molecule has 6 heteroatoms. The predicted octanol–water partition coefficient (Wildman–Crippen LogP) is 4.03. The van der Waals surface area contributed by atoms with Crippen LogP contribution in [0, 0.1) is 19.8 Å². The second-order valence-electron chi connectivity index (χ2n) is 7.11. The molecule has 4 amide bonds. The molecule has 1 atom stereocenters. The van der Waals surface area contributed by atoms with Crippen molar-refractivity contribution < 1.29 is 9.59 Å². The molecule has 0 aromatic heterocycles. The van der Waals surface area contributed by atoms with Crippen molar-refractivity contribution in [1.82, 2.24) is 10.6 Å². The summed E-state index contributed by atoms with van der Waals surface area (Å²) in [5.74, 6) is 0.411. The van der Waals surface area contributed by atoms with Gasteiger partial charge in [0.2, 0.25) is 0 Å². The molecule has 2 aromatic rings. The number of benzene rings is 2. The second-order valence-corrected chi connectivity index (χ2v) is 7.11. The van der Waals surface area contributed by atoms with Crippen molar-refractivity contribution >= 4 is 23.4 Å². The number of carbonyl (C=O) groups is 2. The summed E-state index contributed by atoms with van der Waals surface area (Å²) in [7, 11) is 0. The molecule has 3 rings (SSSR count). The highest BCUT2D eigenvalue weighted by Crippen LogP contribution is 2.32. The lowest BCUT2D eigenvalue weighted by molar-refractivity contribution is 0.242. The third-order valence-corrected chi connectivity index (χ3v) is 4.61. The van der Waals surface area contributed by atoms with Crippen LogP contribution in [0.3, 0.4) is 0 Å². The highest BCUT2D eigenvalue weighted by molar-refractivity contribution is 5.90. The van der Waals surface area contributed by atoms with Crippen LogP contribution in [-0.2, 0) is 0 Å². The minimum absolute atomic E-state index is 0.0841. The smallest absolute Gasteiger partial charge is 0.319 e. The Labute approximate surface area is 159 Å². The molecule has 2 aromatic carbocycles. The molecule has 0 aliphatic heterocycles. The molecule has 4 N–H and O–H groups in total. The number of hydrogen-bond acceptors (Lipinski definition) is 2. The van der Waals surface area contributed by atoms with Crippen molar-refractivity contribution in [2.24, 2.45) is 5.92 Å². The monoisotopic (exact) mass is 366 g/mol. The maximum atomic E-state index is 12.3. The summed E-state index contributed by atoms with van der Waals surface area (Å²) in [5.41, 5.74) is 3.77. The van der Waals surface area contributed by atoms with Gasteiger partial charge in [0, 0.05) is 17.9 Å². The molecule has 1 fully saturated rings. The lowest BCUT2D eigenvalue weighted by atomic mass is 10.2. The lowest BCUT2D eigenvalue weighted by Gasteiger charge is -2.19. The number of rotatable bonds is 6. The molecule has 1 saturated carbocycles. The fourth-order valence-electron chi connectivity index (χ4n) is 2.82. The van der Waals surface area contributed by atoms with E-state index in [0.29, 0.717) is 12.5 Å². The average Bonchev–Trinajstić information content (AvgIpc) is 3.48. The van der Waals surface area contributed by atoms with Gasteiger partial charge in [-0.1, -0.05) is 35.4 Å². The number of urea groups is 2. The van der Waals surface area contributed by atoms with Crippen LogP contribution in [-0.4, -0.2) is 24.6 Å². The van der Waals surface area contributed by atoms with Crippen molar-refractivity contribution in [3.05, 3.63) is 59.7 Å². The highest BCUT2D eigenvalue weighted by Gasteiger charge is 2.32. The first-order valence-electron chi connectivity index (χ1n) is 9.25. The zero-order valence-corrected chi connectivity index (χ0v) is 15.7. The van der Waals surface area contributed by atoms with Crippen molar-refractivity contribution in [2.45, 2.75) is 32.7 Å². The molecule has 1 aliphatic carbocycles. The summed E-state index contributed by atoms with van der Waals surface area (Å²) in [6.45, 7) is 4.39. The summed E-state index contributed by atoms with van der Waals surface area (Å²) >= 11 is 0. The number of amides is 4. The largest absolute Gasteiger partial charge is 0.336 e. The van der Waals surface area contributed by atoms with Gasteiger partial charge in [-0.05, 0) is 56.9 Å². The zero-order valence-electron chi connectivity index (χ0n) is 15.7. The Morgan fingerprint density at radius 1 is 0.852 bits per heavy atom. The van der Waals surface area contributed by atoms with Crippen LogP contribution in [0.4, 0.5) is 21.0 Å². The van der Waals surface area contributed by atoms with Crippen molar-refractivity contribution in [1.29, 1.82) is 0 Å². The van der Waals surface area contributed by atoms with Gasteiger partial charge in [-0.3, -0.25) is 0 Å². The van der Waals surface area contributed by atoms with Crippen LogP contribution in [0.25, 0.3) is 0 Å². The maximum absolute atomic E-state index is 12.3. The number of hydrogen-bond donors (Lipinski definition) is 4. The molecule has 1 unspecified atom stereocenters. The molecule has 1 aliphatic rings. The predicted molar refractivity (Wildman–Crippen MR) is 108 cm³/mol. The van der Waals surface area contributed by atoms with Gasteiger partial charge in [0.05, 0.1) is 6.04 Å². The van der Waals surface area contributed by atoms with E-state index >= 15 is 0 Å². The van der Waals surface area contributed by atoms with Gasteiger partial charge in [0.1, 0.15) is 0 Å². The van der Waals surface area contributed by atoms with E-state index in [1.54, 1.807) is 0 Å². The minimum Gasteiger partial charge on any atom is -0.336 e. The summed E-state index contributed by atoms with van der Waals surface area (Å²) in [5, 5.41) is 11.5. The topological polar surface area (TPSA) is 82.3 Å². The van der Waals surface area contributed by atoms with Gasteiger partial charge in [-0.25, -0.2) is 9.59 Å². The Balaban J connectivity index is 1.47. The number of aryl methyl sites for hydroxylation is 2. The van der Waals surface area contributed by atoms with Crippen LogP contribution < -0.4 is 21.3 Å². The molecule has 142 valence electrons. The van der Waals surface area contributed by atoms with Gasteiger partial charge >= 0.3 is 12.1 Å². The lowest BCUT2D eigenvalue weighted by Crippen LogP contribution is -2.47. The van der Waals surface area contributed by atoms with E-state index in [9.17, 15) is 9.59 Å². The fraction of sp³-hybridized carbons (Fsp3) is 0.333. The average molecular weight is 366 g/mol. The summed E-state index contributed by atoms with van der Waals surface area (Å²) in [6, 6.07) is 14.6. The summed E-state index contributed by atoms with van der Waals surface area (Å²) in [6.07, 6.45) is 2.13. The number of anilines is 2. The van der Waals surface area contributed by atoms with Gasteiger partial charge in [0.15, 0.2) is 0 Å². The Bertz CT molecular complexity index is 783. The normalized spacial score (nSPS) is 14.1. The highest BCUT2D eigenvalue weighted by atomic mass is 16.2. The van der Waals surface area contributed by atoms with Crippen LogP contribution >= 0.6 is 0 Å². The van der Waals surface area contributed by atoms with E-state index in [-0.39, 0.29) is 18.1 Å². The molecule has 0 radical (unpaired) electrons. The third kappa shape index (κ3) is 6.02. The van der Waals surface area contributed by atoms with Gasteiger partial charge in [0.25, 0.3) is 0 Å². The van der Waals surface area contributed by atoms with Gasteiger partial charge in [-0.15, -0.1) is 0 Å². The molecule has 0 spiro atoms. The van der Waals surface area contributed by atoms with Crippen molar-refractivity contribution in [3.63, 3.8) is 0 Å². The van der Waals surface area contributed by atoms with E-state index in [0.717, 1.165) is 35.3 Å². The first kappa shape index (κ1) is 18.8. The Kier molecular flexibility index (Phi) is 5.96. The number of nitrogens with one attached hydrogen (secondary N) is 4. The van der Waals surface area contributed by atoms with Crippen LogP contribution in [0.1, 0.15) is 24.0 Å². The van der Waals surface area contributed by atoms with E-state index in [4.69, 9.17) is 0 Å². The van der Waals surface area contributed by atoms with Crippen molar-refractivity contribution in [3.8, 4) is 0 Å². The van der Waals surface area contributed by atoms with Gasteiger partial charge in [-0.2, -0.15) is 0 Å². The Morgan fingerprint density at radius 3 is 1.81 bits per heavy atom. The van der Waals surface area contributed by atoms with E-state index in [1.165, 1.54) is 0 Å². The second kappa shape index (κ2) is 8.58. The first-order chi connectivity index (χ1) is 13.0. The molecular formula is C21H26N4O2. The molecule has 6 nitrogen and oxygen atoms in total. The quantitative estimate of drug-likeness (QED) is 0.623. The van der Waals surface area contributed by atoms with E-state index in [2.05, 4.69) is 21.3 Å². The third-order valence-electron chi connectivity index (χ3n) is 4.61. The standard InChI is InChI=1S/C21H26N4O2/c1-14-3-9-17(10-4-14)23-20(26)22-13-19(16-7-8-16)25-21(27)24-18-11-5-15(2)6-12-18/h3-6,9-12,16,19H,7-8,13H2,1-2H3,(H2,22,23,26)(H2,24,25,27). The fourth-order valence-corrected chi connectivity index (χ4v) is 2.82. The number of carbonyl (C=O) groups excluding carboxylic acids is 2.